The van der Waals surface area contributed by atoms with Crippen molar-refractivity contribution in [1.29, 1.82) is 0 Å². The highest BCUT2D eigenvalue weighted by Crippen LogP contribution is 2.25. The quantitative estimate of drug-likeness (QED) is 0.751. The van der Waals surface area contributed by atoms with Crippen molar-refractivity contribution in [2.75, 3.05) is 44.7 Å². The molecule has 1 atom stereocenters. The van der Waals surface area contributed by atoms with Crippen LogP contribution in [0.5, 0.6) is 0 Å². The van der Waals surface area contributed by atoms with Crippen LogP contribution in [0.15, 0.2) is 48.5 Å². The fourth-order valence-electron chi connectivity index (χ4n) is 3.44. The fourth-order valence-corrected chi connectivity index (χ4v) is 3.62. The van der Waals surface area contributed by atoms with Crippen molar-refractivity contribution in [2.24, 2.45) is 0 Å². The maximum Gasteiger partial charge on any atom is 0.141 e. The molecule has 2 aromatic carbocycles. The third-order valence-electron chi connectivity index (χ3n) is 5.13. The standard InChI is InChI=1S/C21H27ClFN3/c1-17(25-12-10-24(2)11-13-25)15-26(16-18-6-4-3-5-7-18)19-8-9-21(23)20(22)14-19/h3-9,14,17H,10-13,15-16H2,1-2H3. The number of halogens is 2. The van der Waals surface area contributed by atoms with Crippen LogP contribution in [-0.2, 0) is 6.54 Å². The maximum absolute atomic E-state index is 13.6. The Morgan fingerprint density at radius 3 is 2.42 bits per heavy atom. The molecule has 0 amide bonds. The number of nitrogens with zero attached hydrogens (tertiary/aromatic N) is 3. The van der Waals surface area contributed by atoms with Gasteiger partial charge in [0.1, 0.15) is 5.82 Å². The molecule has 1 heterocycles. The molecule has 0 bridgehead atoms. The fraction of sp³-hybridized carbons (Fsp3) is 0.429. The summed E-state index contributed by atoms with van der Waals surface area (Å²) in [5.74, 6) is -0.373. The molecule has 1 unspecified atom stereocenters. The minimum atomic E-state index is -0.373. The molecule has 26 heavy (non-hydrogen) atoms. The number of hydrogen-bond acceptors (Lipinski definition) is 3. The molecule has 1 aliphatic heterocycles. The van der Waals surface area contributed by atoms with Gasteiger partial charge in [-0.2, -0.15) is 0 Å². The lowest BCUT2D eigenvalue weighted by molar-refractivity contribution is 0.120. The van der Waals surface area contributed by atoms with Gasteiger partial charge in [-0.1, -0.05) is 41.9 Å². The van der Waals surface area contributed by atoms with Gasteiger partial charge in [0.25, 0.3) is 0 Å². The van der Waals surface area contributed by atoms with E-state index in [4.69, 9.17) is 11.6 Å². The predicted molar refractivity (Wildman–Crippen MR) is 107 cm³/mol. The summed E-state index contributed by atoms with van der Waals surface area (Å²) in [5, 5.41) is 0.174. The molecule has 5 heteroatoms. The first kappa shape index (κ1) is 19.2. The minimum absolute atomic E-state index is 0.174. The molecular formula is C21H27ClFN3. The molecule has 3 rings (SSSR count). The molecule has 3 nitrogen and oxygen atoms in total. The summed E-state index contributed by atoms with van der Waals surface area (Å²) in [6.07, 6.45) is 0. The normalized spacial score (nSPS) is 17.2. The van der Waals surface area contributed by atoms with E-state index in [0.29, 0.717) is 6.04 Å². The Hall–Kier alpha value is -1.62. The monoisotopic (exact) mass is 375 g/mol. The van der Waals surface area contributed by atoms with E-state index in [-0.39, 0.29) is 10.8 Å². The molecule has 0 aromatic heterocycles. The van der Waals surface area contributed by atoms with Crippen LogP contribution in [0.25, 0.3) is 0 Å². The lowest BCUT2D eigenvalue weighted by Crippen LogP contribution is -2.51. The Morgan fingerprint density at radius 1 is 1.08 bits per heavy atom. The second-order valence-electron chi connectivity index (χ2n) is 7.15. The largest absolute Gasteiger partial charge is 0.366 e. The van der Waals surface area contributed by atoms with E-state index in [1.807, 2.05) is 12.1 Å². The van der Waals surface area contributed by atoms with Gasteiger partial charge in [-0.25, -0.2) is 4.39 Å². The van der Waals surface area contributed by atoms with Crippen LogP contribution < -0.4 is 4.90 Å². The average Bonchev–Trinajstić information content (AvgIpc) is 2.65. The van der Waals surface area contributed by atoms with E-state index in [2.05, 4.69) is 52.9 Å². The molecule has 0 aliphatic carbocycles. The van der Waals surface area contributed by atoms with E-state index >= 15 is 0 Å². The SMILES string of the molecule is CC(CN(Cc1ccccc1)c1ccc(F)c(Cl)c1)N1CCN(C)CC1. The number of anilines is 1. The van der Waals surface area contributed by atoms with Crippen molar-refractivity contribution >= 4 is 17.3 Å². The molecule has 0 N–H and O–H groups in total. The summed E-state index contributed by atoms with van der Waals surface area (Å²) in [5.41, 5.74) is 2.19. The summed E-state index contributed by atoms with van der Waals surface area (Å²) >= 11 is 6.04. The van der Waals surface area contributed by atoms with E-state index in [1.54, 1.807) is 6.07 Å². The van der Waals surface area contributed by atoms with Crippen molar-refractivity contribution in [2.45, 2.75) is 19.5 Å². The van der Waals surface area contributed by atoms with Crippen LogP contribution in [0, 0.1) is 5.82 Å². The number of rotatable bonds is 6. The van der Waals surface area contributed by atoms with Crippen LogP contribution in [0.4, 0.5) is 10.1 Å². The molecule has 0 radical (unpaired) electrons. The molecule has 1 fully saturated rings. The average molecular weight is 376 g/mol. The molecule has 1 saturated heterocycles. The zero-order chi connectivity index (χ0) is 18.5. The van der Waals surface area contributed by atoms with E-state index in [9.17, 15) is 4.39 Å². The molecule has 0 spiro atoms. The molecule has 140 valence electrons. The number of piperazine rings is 1. The van der Waals surface area contributed by atoms with Crippen LogP contribution >= 0.6 is 11.6 Å². The summed E-state index contributed by atoms with van der Waals surface area (Å²) in [6.45, 7) is 8.30. The number of likely N-dealkylation sites (N-methyl/N-ethyl adjacent to an activating group) is 1. The third kappa shape index (κ3) is 4.97. The Morgan fingerprint density at radius 2 is 1.77 bits per heavy atom. The molecular weight excluding hydrogens is 349 g/mol. The minimum Gasteiger partial charge on any atom is -0.366 e. The van der Waals surface area contributed by atoms with Crippen LogP contribution in [0.1, 0.15) is 12.5 Å². The smallest absolute Gasteiger partial charge is 0.141 e. The van der Waals surface area contributed by atoms with E-state index in [0.717, 1.165) is 45.0 Å². The predicted octanol–water partition coefficient (Wildman–Crippen LogP) is 4.12. The Kier molecular flexibility index (Phi) is 6.52. The van der Waals surface area contributed by atoms with Gasteiger partial charge in [0, 0.05) is 51.0 Å². The van der Waals surface area contributed by atoms with Crippen LogP contribution in [0.3, 0.4) is 0 Å². The topological polar surface area (TPSA) is 9.72 Å². The Bertz CT molecular complexity index is 702. The van der Waals surface area contributed by atoms with E-state index in [1.165, 1.54) is 11.6 Å². The van der Waals surface area contributed by atoms with Gasteiger partial charge >= 0.3 is 0 Å². The zero-order valence-electron chi connectivity index (χ0n) is 15.5. The lowest BCUT2D eigenvalue weighted by atomic mass is 10.1. The molecule has 2 aromatic rings. The van der Waals surface area contributed by atoms with Crippen molar-refractivity contribution in [3.05, 3.63) is 64.9 Å². The Balaban J connectivity index is 1.76. The van der Waals surface area contributed by atoms with Gasteiger partial charge in [0.15, 0.2) is 0 Å². The van der Waals surface area contributed by atoms with Crippen molar-refractivity contribution in [1.82, 2.24) is 9.80 Å². The summed E-state index contributed by atoms with van der Waals surface area (Å²) in [4.78, 5) is 7.19. The first-order chi connectivity index (χ1) is 12.5. The van der Waals surface area contributed by atoms with Crippen LogP contribution in [-0.4, -0.2) is 55.6 Å². The highest BCUT2D eigenvalue weighted by atomic mass is 35.5. The number of benzene rings is 2. The summed E-state index contributed by atoms with van der Waals surface area (Å²) in [7, 11) is 2.17. The summed E-state index contributed by atoms with van der Waals surface area (Å²) in [6, 6.07) is 15.8. The van der Waals surface area contributed by atoms with Crippen molar-refractivity contribution in [3.8, 4) is 0 Å². The third-order valence-corrected chi connectivity index (χ3v) is 5.42. The van der Waals surface area contributed by atoms with Gasteiger partial charge < -0.3 is 9.80 Å². The first-order valence-corrected chi connectivity index (χ1v) is 9.57. The second-order valence-corrected chi connectivity index (χ2v) is 7.56. The van der Waals surface area contributed by atoms with Crippen LogP contribution in [0.2, 0.25) is 5.02 Å². The molecule has 1 aliphatic rings. The highest BCUT2D eigenvalue weighted by Gasteiger charge is 2.22. The zero-order valence-corrected chi connectivity index (χ0v) is 16.3. The molecule has 0 saturated carbocycles. The van der Waals surface area contributed by atoms with Gasteiger partial charge in [0.2, 0.25) is 0 Å². The van der Waals surface area contributed by atoms with Gasteiger partial charge in [-0.3, -0.25) is 4.90 Å². The van der Waals surface area contributed by atoms with Crippen molar-refractivity contribution in [3.63, 3.8) is 0 Å². The van der Waals surface area contributed by atoms with E-state index < -0.39 is 0 Å². The first-order valence-electron chi connectivity index (χ1n) is 9.19. The highest BCUT2D eigenvalue weighted by molar-refractivity contribution is 6.31. The summed E-state index contributed by atoms with van der Waals surface area (Å²) < 4.78 is 13.6. The van der Waals surface area contributed by atoms with Gasteiger partial charge in [-0.15, -0.1) is 0 Å². The second kappa shape index (κ2) is 8.85. The van der Waals surface area contributed by atoms with Gasteiger partial charge in [-0.05, 0) is 37.7 Å². The number of hydrogen-bond donors (Lipinski definition) is 0. The van der Waals surface area contributed by atoms with Crippen molar-refractivity contribution < 1.29 is 4.39 Å². The Labute approximate surface area is 161 Å². The van der Waals surface area contributed by atoms with Gasteiger partial charge in [0.05, 0.1) is 5.02 Å². The maximum atomic E-state index is 13.6. The lowest BCUT2D eigenvalue weighted by Gasteiger charge is -2.39.